The maximum absolute atomic E-state index is 5.32. The average Bonchev–Trinajstić information content (AvgIpc) is 3.14. The van der Waals surface area contributed by atoms with E-state index in [1.165, 1.54) is 34.7 Å². The number of rotatable bonds is 4. The average molecular weight is 306 g/mol. The van der Waals surface area contributed by atoms with Crippen molar-refractivity contribution in [2.75, 3.05) is 0 Å². The van der Waals surface area contributed by atoms with Crippen LogP contribution in [0.25, 0.3) is 0 Å². The molecule has 0 aromatic carbocycles. The smallest absolute Gasteiger partial charge is 0.242 e. The number of oxime groups is 2. The van der Waals surface area contributed by atoms with Crippen molar-refractivity contribution in [2.45, 2.75) is 39.9 Å². The summed E-state index contributed by atoms with van der Waals surface area (Å²) in [5, 5.41) is 16.3. The Morgan fingerprint density at radius 2 is 1.23 bits per heavy atom. The molecule has 10 nitrogen and oxygen atoms in total. The molecule has 0 radical (unpaired) electrons. The Labute approximate surface area is 127 Å². The molecule has 0 bridgehead atoms. The Morgan fingerprint density at radius 3 is 1.50 bits per heavy atom. The molecule has 0 saturated carbocycles. The molecule has 0 N–H and O–H groups in total. The van der Waals surface area contributed by atoms with Crippen molar-refractivity contribution in [3.63, 3.8) is 0 Å². The molecule has 0 aliphatic carbocycles. The van der Waals surface area contributed by atoms with E-state index in [4.69, 9.17) is 9.68 Å². The molecule has 0 fully saturated rings. The van der Waals surface area contributed by atoms with Crippen LogP contribution in [0, 0.1) is 0 Å². The van der Waals surface area contributed by atoms with Gasteiger partial charge in [0.2, 0.25) is 11.7 Å². The Kier molecular flexibility index (Phi) is 5.17. The van der Waals surface area contributed by atoms with Crippen LogP contribution >= 0.6 is 0 Å². The fourth-order valence-corrected chi connectivity index (χ4v) is 1.32. The third-order valence-electron chi connectivity index (χ3n) is 2.17. The van der Waals surface area contributed by atoms with Crippen molar-refractivity contribution >= 4 is 11.7 Å². The highest BCUT2D eigenvalue weighted by molar-refractivity contribution is 6.41. The summed E-state index contributed by atoms with van der Waals surface area (Å²) in [4.78, 5) is 18.4. The zero-order chi connectivity index (χ0) is 15.9. The van der Waals surface area contributed by atoms with Crippen LogP contribution in [-0.4, -0.2) is 53.4 Å². The second-order valence-corrected chi connectivity index (χ2v) is 4.82. The molecular weight excluding hydrogens is 288 g/mol. The first-order valence-corrected chi connectivity index (χ1v) is 6.76. The summed E-state index contributed by atoms with van der Waals surface area (Å²) >= 11 is 0. The minimum Gasteiger partial charge on any atom is -0.391 e. The lowest BCUT2D eigenvalue weighted by atomic mass is 10.5. The van der Waals surface area contributed by atoms with Crippen molar-refractivity contribution in [2.24, 2.45) is 10.3 Å². The molecule has 0 aliphatic heterocycles. The van der Waals surface area contributed by atoms with Gasteiger partial charge >= 0.3 is 0 Å². The first-order chi connectivity index (χ1) is 10.6. The Morgan fingerprint density at radius 1 is 0.818 bits per heavy atom. The zero-order valence-electron chi connectivity index (χ0n) is 12.9. The predicted octanol–water partition coefficient (Wildman–Crippen LogP) is 0.743. The van der Waals surface area contributed by atoms with Gasteiger partial charge in [-0.05, 0) is 27.7 Å². The molecule has 0 atom stereocenters. The number of aromatic nitrogens is 6. The van der Waals surface area contributed by atoms with Crippen LogP contribution in [-0.2, 0) is 9.68 Å². The van der Waals surface area contributed by atoms with E-state index < -0.39 is 0 Å². The van der Waals surface area contributed by atoms with Crippen LogP contribution in [0.3, 0.4) is 0 Å². The number of hydrogen-bond donors (Lipinski definition) is 0. The van der Waals surface area contributed by atoms with E-state index in [0.29, 0.717) is 0 Å². The second kappa shape index (κ2) is 7.29. The van der Waals surface area contributed by atoms with E-state index >= 15 is 0 Å². The first kappa shape index (κ1) is 15.6. The van der Waals surface area contributed by atoms with E-state index in [1.807, 2.05) is 27.7 Å². The third kappa shape index (κ3) is 4.11. The van der Waals surface area contributed by atoms with Crippen LogP contribution in [0.15, 0.2) is 35.6 Å². The summed E-state index contributed by atoms with van der Waals surface area (Å²) in [5.41, 5.74) is 0. The van der Waals surface area contributed by atoms with Gasteiger partial charge in [-0.2, -0.15) is 19.6 Å². The lowest BCUT2D eigenvalue weighted by Crippen LogP contribution is -2.31. The first-order valence-electron chi connectivity index (χ1n) is 6.76. The summed E-state index contributed by atoms with van der Waals surface area (Å²) in [6.45, 7) is 7.44. The largest absolute Gasteiger partial charge is 0.391 e. The normalized spacial score (nSPS) is 13.0. The summed E-state index contributed by atoms with van der Waals surface area (Å²) < 4.78 is 2.82. The fraction of sp³-hybridized carbons (Fsp3) is 0.500. The SMILES string of the molecule is CC(C)O/N=C(\C(=N/OC(C)C)n1cncn1)n1cncn1. The van der Waals surface area contributed by atoms with Crippen LogP contribution in [0.4, 0.5) is 0 Å². The summed E-state index contributed by atoms with van der Waals surface area (Å²) in [6.07, 6.45) is 5.50. The quantitative estimate of drug-likeness (QED) is 0.469. The molecule has 22 heavy (non-hydrogen) atoms. The van der Waals surface area contributed by atoms with Gasteiger partial charge in [0.1, 0.15) is 37.5 Å². The van der Waals surface area contributed by atoms with E-state index in [9.17, 15) is 0 Å². The number of nitrogens with zero attached hydrogens (tertiary/aromatic N) is 8. The summed E-state index contributed by atoms with van der Waals surface area (Å²) in [7, 11) is 0. The lowest BCUT2D eigenvalue weighted by Gasteiger charge is -2.11. The molecule has 2 heterocycles. The minimum atomic E-state index is -0.110. The van der Waals surface area contributed by atoms with Crippen molar-refractivity contribution in [1.29, 1.82) is 0 Å². The van der Waals surface area contributed by atoms with Gasteiger partial charge in [0.15, 0.2) is 0 Å². The fourth-order valence-electron chi connectivity index (χ4n) is 1.32. The molecule has 10 heteroatoms. The van der Waals surface area contributed by atoms with E-state index in [1.54, 1.807) is 0 Å². The molecule has 2 rings (SSSR count). The summed E-state index contributed by atoms with van der Waals surface area (Å²) in [6, 6.07) is 0. The monoisotopic (exact) mass is 306 g/mol. The van der Waals surface area contributed by atoms with Gasteiger partial charge in [-0.3, -0.25) is 0 Å². The van der Waals surface area contributed by atoms with Crippen molar-refractivity contribution in [3.8, 4) is 0 Å². The van der Waals surface area contributed by atoms with Crippen LogP contribution in [0.2, 0.25) is 0 Å². The van der Waals surface area contributed by atoms with Crippen molar-refractivity contribution in [3.05, 3.63) is 25.3 Å². The van der Waals surface area contributed by atoms with E-state index in [2.05, 4.69) is 30.5 Å². The summed E-state index contributed by atoms with van der Waals surface area (Å²) in [5.74, 6) is 0.551. The molecule has 2 aromatic heterocycles. The topological polar surface area (TPSA) is 105 Å². The Bertz CT molecular complexity index is 559. The van der Waals surface area contributed by atoms with Crippen molar-refractivity contribution < 1.29 is 9.68 Å². The standard InChI is InChI=1S/C12H18N8O2/c1-9(2)21-17-11(19-7-13-5-15-19)12(18-22-10(3)4)20-8-14-6-16-20/h5-10H,1-4H3/b17-11+,18-12+. The molecule has 2 aromatic rings. The van der Waals surface area contributed by atoms with Crippen LogP contribution < -0.4 is 0 Å². The molecule has 118 valence electrons. The molecule has 0 saturated heterocycles. The molecule has 0 unspecified atom stereocenters. The minimum absolute atomic E-state index is 0.110. The van der Waals surface area contributed by atoms with E-state index in [-0.39, 0.29) is 23.9 Å². The Balaban J connectivity index is 2.44. The second-order valence-electron chi connectivity index (χ2n) is 4.82. The highest BCUT2D eigenvalue weighted by Crippen LogP contribution is 1.99. The molecule has 0 aliphatic rings. The van der Waals surface area contributed by atoms with E-state index in [0.717, 1.165) is 0 Å². The molecule has 0 spiro atoms. The maximum Gasteiger partial charge on any atom is 0.242 e. The Hall–Kier alpha value is -2.78. The molecule has 0 amide bonds. The highest BCUT2D eigenvalue weighted by Gasteiger charge is 2.19. The van der Waals surface area contributed by atoms with Gasteiger partial charge < -0.3 is 9.68 Å². The lowest BCUT2D eigenvalue weighted by molar-refractivity contribution is 0.0817. The van der Waals surface area contributed by atoms with Gasteiger partial charge in [-0.25, -0.2) is 9.97 Å². The van der Waals surface area contributed by atoms with Gasteiger partial charge in [-0.1, -0.05) is 10.3 Å². The van der Waals surface area contributed by atoms with Gasteiger partial charge in [0, 0.05) is 0 Å². The van der Waals surface area contributed by atoms with Crippen molar-refractivity contribution in [1.82, 2.24) is 29.5 Å². The van der Waals surface area contributed by atoms with Crippen LogP contribution in [0.5, 0.6) is 0 Å². The number of hydrogen-bond acceptors (Lipinski definition) is 8. The highest BCUT2D eigenvalue weighted by atomic mass is 16.6. The maximum atomic E-state index is 5.32. The molecular formula is C12H18N8O2. The third-order valence-corrected chi connectivity index (χ3v) is 2.17. The van der Waals surface area contributed by atoms with Gasteiger partial charge in [0.25, 0.3) is 0 Å². The zero-order valence-corrected chi connectivity index (χ0v) is 12.9. The predicted molar refractivity (Wildman–Crippen MR) is 78.2 cm³/mol. The van der Waals surface area contributed by atoms with Gasteiger partial charge in [-0.15, -0.1) is 0 Å². The van der Waals surface area contributed by atoms with Gasteiger partial charge in [0.05, 0.1) is 0 Å². The van der Waals surface area contributed by atoms with Crippen LogP contribution in [0.1, 0.15) is 27.7 Å².